The zero-order chi connectivity index (χ0) is 20.8. The van der Waals surface area contributed by atoms with Gasteiger partial charge in [0, 0.05) is 30.2 Å². The molecule has 1 N–H and O–H groups in total. The van der Waals surface area contributed by atoms with Gasteiger partial charge in [-0.15, -0.1) is 11.3 Å². The Bertz CT molecular complexity index is 950. The Morgan fingerprint density at radius 1 is 1.10 bits per heavy atom. The largest absolute Gasteiger partial charge is 0.325 e. The Kier molecular flexibility index (Phi) is 7.18. The fourth-order valence-electron chi connectivity index (χ4n) is 3.15. The maximum absolute atomic E-state index is 12.5. The summed E-state index contributed by atoms with van der Waals surface area (Å²) in [7, 11) is 0. The molecule has 0 aliphatic rings. The predicted octanol–water partition coefficient (Wildman–Crippen LogP) is 5.35. The highest BCUT2D eigenvalue weighted by atomic mass is 32.1. The number of carbonyl (C=O) groups excluding carboxylic acids is 1. The normalized spacial score (nSPS) is 11.2. The average molecular weight is 408 g/mol. The zero-order valence-corrected chi connectivity index (χ0v) is 18.4. The summed E-state index contributed by atoms with van der Waals surface area (Å²) in [6.45, 7) is 10.1. The van der Waals surface area contributed by atoms with E-state index in [2.05, 4.69) is 53.7 Å². The molecule has 0 spiro atoms. The summed E-state index contributed by atoms with van der Waals surface area (Å²) >= 11 is 1.56. The van der Waals surface area contributed by atoms with Crippen molar-refractivity contribution in [2.75, 3.05) is 5.32 Å². The molecule has 4 nitrogen and oxygen atoms in total. The van der Waals surface area contributed by atoms with Crippen molar-refractivity contribution in [1.29, 1.82) is 0 Å². The number of rotatable bonds is 8. The van der Waals surface area contributed by atoms with Crippen LogP contribution in [0.15, 0.2) is 53.9 Å². The van der Waals surface area contributed by atoms with E-state index in [1.165, 1.54) is 5.56 Å². The Morgan fingerprint density at radius 2 is 1.86 bits per heavy atom. The number of aromatic nitrogens is 1. The SMILES string of the molecule is Cc1ccc(C)c(NC(=O)Cc2nc(CN(Cc3ccccc3)C(C)C)cs2)c1. The first-order chi connectivity index (χ1) is 13.9. The molecule has 1 amide bonds. The summed E-state index contributed by atoms with van der Waals surface area (Å²) in [6.07, 6.45) is 0.304. The van der Waals surface area contributed by atoms with Crippen LogP contribution in [0.2, 0.25) is 0 Å². The molecule has 0 aliphatic heterocycles. The van der Waals surface area contributed by atoms with Gasteiger partial charge in [0.25, 0.3) is 0 Å². The van der Waals surface area contributed by atoms with Gasteiger partial charge in [-0.05, 0) is 50.5 Å². The topological polar surface area (TPSA) is 45.2 Å². The van der Waals surface area contributed by atoms with Gasteiger partial charge in [0.1, 0.15) is 5.01 Å². The van der Waals surface area contributed by atoms with Crippen LogP contribution in [0.5, 0.6) is 0 Å². The van der Waals surface area contributed by atoms with E-state index in [0.717, 1.165) is 40.6 Å². The molecule has 3 rings (SSSR count). The molecule has 3 aromatic rings. The number of amides is 1. The van der Waals surface area contributed by atoms with E-state index < -0.39 is 0 Å². The highest BCUT2D eigenvalue weighted by Gasteiger charge is 2.14. The number of hydrogen-bond donors (Lipinski definition) is 1. The van der Waals surface area contributed by atoms with Crippen molar-refractivity contribution in [1.82, 2.24) is 9.88 Å². The molecule has 0 aliphatic carbocycles. The standard InChI is InChI=1S/C24H29N3OS/c1-17(2)27(14-20-8-6-5-7-9-20)15-21-16-29-24(25-21)13-23(28)26-22-12-18(3)10-11-19(22)4/h5-12,16-17H,13-15H2,1-4H3,(H,26,28). The van der Waals surface area contributed by atoms with Crippen LogP contribution >= 0.6 is 11.3 Å². The lowest BCUT2D eigenvalue weighted by Crippen LogP contribution is -2.30. The van der Waals surface area contributed by atoms with Gasteiger partial charge in [-0.2, -0.15) is 0 Å². The number of benzene rings is 2. The van der Waals surface area contributed by atoms with Crippen LogP contribution in [0.1, 0.15) is 41.2 Å². The highest BCUT2D eigenvalue weighted by molar-refractivity contribution is 7.09. The van der Waals surface area contributed by atoms with E-state index in [-0.39, 0.29) is 5.91 Å². The van der Waals surface area contributed by atoms with Crippen molar-refractivity contribution >= 4 is 22.9 Å². The zero-order valence-electron chi connectivity index (χ0n) is 17.6. The monoisotopic (exact) mass is 407 g/mol. The molecule has 0 radical (unpaired) electrons. The van der Waals surface area contributed by atoms with Crippen molar-refractivity contribution in [3.63, 3.8) is 0 Å². The first kappa shape index (κ1) is 21.2. The summed E-state index contributed by atoms with van der Waals surface area (Å²) in [5.41, 5.74) is 5.39. The quantitative estimate of drug-likeness (QED) is 0.547. The third-order valence-electron chi connectivity index (χ3n) is 4.90. The van der Waals surface area contributed by atoms with Crippen molar-refractivity contribution in [3.05, 3.63) is 81.3 Å². The van der Waals surface area contributed by atoms with E-state index in [0.29, 0.717) is 12.5 Å². The average Bonchev–Trinajstić information content (AvgIpc) is 3.11. The minimum atomic E-state index is -0.0235. The second-order valence-electron chi connectivity index (χ2n) is 7.76. The third kappa shape index (κ3) is 6.24. The van der Waals surface area contributed by atoms with E-state index in [1.54, 1.807) is 11.3 Å². The van der Waals surface area contributed by atoms with Crippen molar-refractivity contribution in [3.8, 4) is 0 Å². The van der Waals surface area contributed by atoms with E-state index >= 15 is 0 Å². The lowest BCUT2D eigenvalue weighted by Gasteiger charge is -2.25. The number of aryl methyl sites for hydroxylation is 2. The lowest BCUT2D eigenvalue weighted by atomic mass is 10.1. The van der Waals surface area contributed by atoms with Crippen LogP contribution in [0.25, 0.3) is 0 Å². The maximum atomic E-state index is 12.5. The minimum Gasteiger partial charge on any atom is -0.325 e. The van der Waals surface area contributed by atoms with Gasteiger partial charge >= 0.3 is 0 Å². The van der Waals surface area contributed by atoms with Crippen LogP contribution in [0.4, 0.5) is 5.69 Å². The second kappa shape index (κ2) is 9.81. The Morgan fingerprint density at radius 3 is 2.59 bits per heavy atom. The lowest BCUT2D eigenvalue weighted by molar-refractivity contribution is -0.115. The molecule has 5 heteroatoms. The van der Waals surface area contributed by atoms with Gasteiger partial charge in [0.15, 0.2) is 0 Å². The molecular weight excluding hydrogens is 378 g/mol. The first-order valence-electron chi connectivity index (χ1n) is 9.99. The minimum absolute atomic E-state index is 0.0235. The molecule has 1 aromatic heterocycles. The van der Waals surface area contributed by atoms with Gasteiger partial charge in [-0.1, -0.05) is 42.5 Å². The molecular formula is C24H29N3OS. The summed E-state index contributed by atoms with van der Waals surface area (Å²) in [5, 5.41) is 5.94. The molecule has 0 atom stereocenters. The molecule has 29 heavy (non-hydrogen) atoms. The maximum Gasteiger partial charge on any atom is 0.231 e. The van der Waals surface area contributed by atoms with Crippen molar-refractivity contribution < 1.29 is 4.79 Å². The molecule has 0 fully saturated rings. The number of thiazole rings is 1. The first-order valence-corrected chi connectivity index (χ1v) is 10.9. The summed E-state index contributed by atoms with van der Waals surface area (Å²) < 4.78 is 0. The fraction of sp³-hybridized carbons (Fsp3) is 0.333. The van der Waals surface area contributed by atoms with Gasteiger partial charge in [-0.25, -0.2) is 4.98 Å². The molecule has 0 saturated carbocycles. The van der Waals surface area contributed by atoms with Crippen molar-refractivity contribution in [2.45, 2.75) is 53.2 Å². The van der Waals surface area contributed by atoms with Crippen LogP contribution < -0.4 is 5.32 Å². The molecule has 0 saturated heterocycles. The van der Waals surface area contributed by atoms with Gasteiger partial charge < -0.3 is 5.32 Å². The summed E-state index contributed by atoms with van der Waals surface area (Å²) in [6, 6.07) is 17.0. The van der Waals surface area contributed by atoms with Gasteiger partial charge in [0.05, 0.1) is 12.1 Å². The molecule has 0 unspecified atom stereocenters. The molecule has 0 bridgehead atoms. The Labute approximate surface area is 177 Å². The predicted molar refractivity (Wildman–Crippen MR) is 121 cm³/mol. The highest BCUT2D eigenvalue weighted by Crippen LogP contribution is 2.19. The number of anilines is 1. The molecule has 2 aromatic carbocycles. The number of nitrogens with one attached hydrogen (secondary N) is 1. The summed E-state index contributed by atoms with van der Waals surface area (Å²) in [5.74, 6) is -0.0235. The van der Waals surface area contributed by atoms with E-state index in [9.17, 15) is 4.79 Å². The van der Waals surface area contributed by atoms with Crippen LogP contribution in [-0.4, -0.2) is 21.8 Å². The van der Waals surface area contributed by atoms with Crippen LogP contribution in [-0.2, 0) is 24.3 Å². The smallest absolute Gasteiger partial charge is 0.231 e. The second-order valence-corrected chi connectivity index (χ2v) is 8.70. The number of nitrogens with zero attached hydrogens (tertiary/aromatic N) is 2. The van der Waals surface area contributed by atoms with Gasteiger partial charge in [0.2, 0.25) is 5.91 Å². The molecule has 1 heterocycles. The van der Waals surface area contributed by atoms with Crippen LogP contribution in [0, 0.1) is 13.8 Å². The number of carbonyl (C=O) groups is 1. The fourth-order valence-corrected chi connectivity index (χ4v) is 3.94. The Balaban J connectivity index is 1.60. The van der Waals surface area contributed by atoms with E-state index in [4.69, 9.17) is 4.98 Å². The molecule has 152 valence electrons. The third-order valence-corrected chi connectivity index (χ3v) is 5.80. The van der Waals surface area contributed by atoms with E-state index in [1.807, 2.05) is 38.1 Å². The van der Waals surface area contributed by atoms with Crippen LogP contribution in [0.3, 0.4) is 0 Å². The Hall–Kier alpha value is -2.50. The summed E-state index contributed by atoms with van der Waals surface area (Å²) in [4.78, 5) is 19.6. The van der Waals surface area contributed by atoms with Crippen molar-refractivity contribution in [2.24, 2.45) is 0 Å². The van der Waals surface area contributed by atoms with Gasteiger partial charge in [-0.3, -0.25) is 9.69 Å². The number of hydrogen-bond acceptors (Lipinski definition) is 4.